The second-order valence-corrected chi connectivity index (χ2v) is 4.46. The highest BCUT2D eigenvalue weighted by molar-refractivity contribution is 6.08. The number of aromatic nitrogens is 1. The Bertz CT molecular complexity index is 631. The highest BCUT2D eigenvalue weighted by Gasteiger charge is 2.24. The molecular formula is C14H16N2O3. The maximum absolute atomic E-state index is 11.9. The lowest BCUT2D eigenvalue weighted by molar-refractivity contribution is -0.145. The molecule has 2 N–H and O–H groups in total. The molecule has 0 spiro atoms. The zero-order valence-corrected chi connectivity index (χ0v) is 10.9. The molecule has 0 aliphatic carbocycles. The number of hydrogen-bond donors (Lipinski definition) is 2. The molecule has 1 amide bonds. The fraction of sp³-hybridized carbons (Fsp3) is 0.286. The van der Waals surface area contributed by atoms with Crippen LogP contribution >= 0.6 is 0 Å². The molecule has 1 aromatic carbocycles. The molecule has 0 aliphatic heterocycles. The molecule has 2 aromatic rings. The first-order chi connectivity index (χ1) is 9.04. The van der Waals surface area contributed by atoms with Crippen LogP contribution < -0.4 is 5.32 Å². The van der Waals surface area contributed by atoms with E-state index in [1.165, 1.54) is 0 Å². The van der Waals surface area contributed by atoms with Crippen LogP contribution in [0.3, 0.4) is 0 Å². The van der Waals surface area contributed by atoms with Crippen LogP contribution in [0.15, 0.2) is 30.5 Å². The minimum absolute atomic E-state index is 0.270. The van der Waals surface area contributed by atoms with Gasteiger partial charge in [0.2, 0.25) is 5.91 Å². The molecule has 0 radical (unpaired) electrons. The molecule has 19 heavy (non-hydrogen) atoms. The summed E-state index contributed by atoms with van der Waals surface area (Å²) in [5.41, 5.74) is 1.63. The Labute approximate surface area is 110 Å². The summed E-state index contributed by atoms with van der Waals surface area (Å²) in [6.07, 6.45) is 2.06. The lowest BCUT2D eigenvalue weighted by Crippen LogP contribution is -2.28. The highest BCUT2D eigenvalue weighted by Crippen LogP contribution is 2.25. The maximum atomic E-state index is 11.9. The molecule has 0 aliphatic rings. The monoisotopic (exact) mass is 260 g/mol. The van der Waals surface area contributed by atoms with Gasteiger partial charge in [0, 0.05) is 24.1 Å². The van der Waals surface area contributed by atoms with Crippen LogP contribution in [0.25, 0.3) is 10.9 Å². The maximum Gasteiger partial charge on any atom is 0.316 e. The number of rotatable bonds is 4. The Morgan fingerprint density at radius 1 is 1.37 bits per heavy atom. The van der Waals surface area contributed by atoms with E-state index in [9.17, 15) is 9.59 Å². The van der Waals surface area contributed by atoms with Crippen LogP contribution in [-0.2, 0) is 16.6 Å². The standard InChI is InChI=1S/C14H16N2O3/c1-3-9(14(18)19)13(17)15-11-8-16(2)12-7-5-4-6-10(11)12/h4-9H,3H2,1-2H3,(H,15,17)(H,18,19). The summed E-state index contributed by atoms with van der Waals surface area (Å²) in [6.45, 7) is 1.68. The van der Waals surface area contributed by atoms with Crippen LogP contribution in [-0.4, -0.2) is 21.6 Å². The summed E-state index contributed by atoms with van der Waals surface area (Å²) >= 11 is 0. The molecule has 0 fully saturated rings. The third-order valence-corrected chi connectivity index (χ3v) is 3.18. The largest absolute Gasteiger partial charge is 0.481 e. The van der Waals surface area contributed by atoms with Crippen LogP contribution in [0, 0.1) is 5.92 Å². The van der Waals surface area contributed by atoms with Gasteiger partial charge in [0.15, 0.2) is 0 Å². The molecule has 1 aromatic heterocycles. The molecule has 0 saturated carbocycles. The Balaban J connectivity index is 2.31. The first-order valence-corrected chi connectivity index (χ1v) is 6.12. The number of benzene rings is 1. The van der Waals surface area contributed by atoms with E-state index in [2.05, 4.69) is 5.32 Å². The first-order valence-electron chi connectivity index (χ1n) is 6.12. The minimum Gasteiger partial charge on any atom is -0.481 e. The van der Waals surface area contributed by atoms with Gasteiger partial charge in [-0.3, -0.25) is 9.59 Å². The van der Waals surface area contributed by atoms with Gasteiger partial charge >= 0.3 is 5.97 Å². The topological polar surface area (TPSA) is 71.3 Å². The van der Waals surface area contributed by atoms with Gasteiger partial charge in [-0.25, -0.2) is 0 Å². The zero-order chi connectivity index (χ0) is 14.0. The molecular weight excluding hydrogens is 244 g/mol. The number of aryl methyl sites for hydroxylation is 1. The molecule has 5 heteroatoms. The number of nitrogens with zero attached hydrogens (tertiary/aromatic N) is 1. The van der Waals surface area contributed by atoms with E-state index in [0.29, 0.717) is 5.69 Å². The second-order valence-electron chi connectivity index (χ2n) is 4.46. The van der Waals surface area contributed by atoms with Crippen molar-refractivity contribution < 1.29 is 14.7 Å². The third-order valence-electron chi connectivity index (χ3n) is 3.18. The normalized spacial score (nSPS) is 12.3. The van der Waals surface area contributed by atoms with Crippen molar-refractivity contribution in [1.82, 2.24) is 4.57 Å². The van der Waals surface area contributed by atoms with Crippen LogP contribution in [0.4, 0.5) is 5.69 Å². The van der Waals surface area contributed by atoms with Gasteiger partial charge in [0.05, 0.1) is 5.69 Å². The SMILES string of the molecule is CCC(C(=O)O)C(=O)Nc1cn(C)c2ccccc12. The Kier molecular flexibility index (Phi) is 3.55. The van der Waals surface area contributed by atoms with Gasteiger partial charge in [-0.2, -0.15) is 0 Å². The summed E-state index contributed by atoms with van der Waals surface area (Å²) in [7, 11) is 1.88. The van der Waals surface area contributed by atoms with Crippen molar-refractivity contribution in [2.45, 2.75) is 13.3 Å². The minimum atomic E-state index is -1.10. The van der Waals surface area contributed by atoms with Crippen molar-refractivity contribution in [2.75, 3.05) is 5.32 Å². The number of fused-ring (bicyclic) bond motifs is 1. The van der Waals surface area contributed by atoms with E-state index in [1.54, 1.807) is 13.1 Å². The summed E-state index contributed by atoms with van der Waals surface area (Å²) in [6, 6.07) is 7.64. The average molecular weight is 260 g/mol. The van der Waals surface area contributed by atoms with E-state index < -0.39 is 17.8 Å². The third kappa shape index (κ3) is 2.45. The molecule has 1 atom stereocenters. The number of para-hydroxylation sites is 1. The quantitative estimate of drug-likeness (QED) is 0.828. The fourth-order valence-electron chi connectivity index (χ4n) is 2.13. The van der Waals surface area contributed by atoms with Crippen LogP contribution in [0.5, 0.6) is 0 Å². The first kappa shape index (κ1) is 13.1. The predicted octanol–water partition coefficient (Wildman–Crippen LogP) is 2.23. The fourth-order valence-corrected chi connectivity index (χ4v) is 2.13. The highest BCUT2D eigenvalue weighted by atomic mass is 16.4. The smallest absolute Gasteiger partial charge is 0.316 e. The number of aliphatic carboxylic acids is 1. The number of carbonyl (C=O) groups excluding carboxylic acids is 1. The van der Waals surface area contributed by atoms with Crippen molar-refractivity contribution in [3.05, 3.63) is 30.5 Å². The molecule has 5 nitrogen and oxygen atoms in total. The summed E-state index contributed by atoms with van der Waals surface area (Å²) < 4.78 is 1.90. The van der Waals surface area contributed by atoms with Crippen molar-refractivity contribution in [2.24, 2.45) is 13.0 Å². The van der Waals surface area contributed by atoms with Crippen molar-refractivity contribution in [1.29, 1.82) is 0 Å². The summed E-state index contributed by atoms with van der Waals surface area (Å²) in [4.78, 5) is 22.9. The molecule has 1 unspecified atom stereocenters. The number of hydrogen-bond acceptors (Lipinski definition) is 2. The number of nitrogens with one attached hydrogen (secondary N) is 1. The van der Waals surface area contributed by atoms with E-state index in [1.807, 2.05) is 35.9 Å². The van der Waals surface area contributed by atoms with Gasteiger partial charge in [-0.05, 0) is 12.5 Å². The van der Waals surface area contributed by atoms with Crippen molar-refractivity contribution in [3.63, 3.8) is 0 Å². The van der Waals surface area contributed by atoms with Crippen LogP contribution in [0.1, 0.15) is 13.3 Å². The molecule has 0 saturated heterocycles. The van der Waals surface area contributed by atoms with Crippen molar-refractivity contribution in [3.8, 4) is 0 Å². The summed E-state index contributed by atoms with van der Waals surface area (Å²) in [5.74, 6) is -2.59. The van der Waals surface area contributed by atoms with Gasteiger partial charge in [0.25, 0.3) is 0 Å². The second kappa shape index (κ2) is 5.14. The molecule has 100 valence electrons. The Morgan fingerprint density at radius 2 is 2.05 bits per heavy atom. The Morgan fingerprint density at radius 3 is 2.68 bits per heavy atom. The predicted molar refractivity (Wildman–Crippen MR) is 73.0 cm³/mol. The number of anilines is 1. The lowest BCUT2D eigenvalue weighted by Gasteiger charge is -2.09. The molecule has 0 bridgehead atoms. The molecule has 2 rings (SSSR count). The van der Waals surface area contributed by atoms with E-state index in [0.717, 1.165) is 10.9 Å². The average Bonchev–Trinajstić information content (AvgIpc) is 2.67. The van der Waals surface area contributed by atoms with Gasteiger partial charge in [-0.1, -0.05) is 25.1 Å². The molecule has 1 heterocycles. The van der Waals surface area contributed by atoms with Crippen molar-refractivity contribution >= 4 is 28.5 Å². The van der Waals surface area contributed by atoms with Crippen LogP contribution in [0.2, 0.25) is 0 Å². The van der Waals surface area contributed by atoms with E-state index in [4.69, 9.17) is 5.11 Å². The summed E-state index contributed by atoms with van der Waals surface area (Å²) in [5, 5.41) is 12.6. The van der Waals surface area contributed by atoms with Gasteiger partial charge < -0.3 is 15.0 Å². The van der Waals surface area contributed by atoms with Gasteiger partial charge in [0.1, 0.15) is 5.92 Å². The van der Waals surface area contributed by atoms with E-state index in [-0.39, 0.29) is 6.42 Å². The Hall–Kier alpha value is -2.30. The number of carboxylic acids is 1. The number of amides is 1. The lowest BCUT2D eigenvalue weighted by atomic mass is 10.1. The van der Waals surface area contributed by atoms with E-state index >= 15 is 0 Å². The van der Waals surface area contributed by atoms with Gasteiger partial charge in [-0.15, -0.1) is 0 Å². The number of carboxylic acid groups (broad SMARTS) is 1. The number of carbonyl (C=O) groups is 2. The zero-order valence-electron chi connectivity index (χ0n) is 10.9.